The van der Waals surface area contributed by atoms with E-state index in [1.807, 2.05) is 37.9 Å². The molecule has 20 heavy (non-hydrogen) atoms. The predicted octanol–water partition coefficient (Wildman–Crippen LogP) is 1.37. The summed E-state index contributed by atoms with van der Waals surface area (Å²) < 4.78 is 0. The van der Waals surface area contributed by atoms with Crippen molar-refractivity contribution in [3.05, 3.63) is 30.1 Å². The van der Waals surface area contributed by atoms with Crippen molar-refractivity contribution in [1.82, 2.24) is 9.97 Å². The standard InChI is InChI=1S/C15H21N3O2/c1-11-4-5-13-12(6-11)14(17-10-16-13)18(3)7-15(2,8-19)9-20/h4-6,10,19-20H,7-9H2,1-3H3. The van der Waals surface area contributed by atoms with Crippen LogP contribution in [0.4, 0.5) is 5.82 Å². The molecule has 0 atom stereocenters. The molecular weight excluding hydrogens is 254 g/mol. The van der Waals surface area contributed by atoms with Gasteiger partial charge in [-0.2, -0.15) is 0 Å². The molecule has 0 radical (unpaired) electrons. The molecular formula is C15H21N3O2. The van der Waals surface area contributed by atoms with Crippen molar-refractivity contribution in [3.63, 3.8) is 0 Å². The van der Waals surface area contributed by atoms with Gasteiger partial charge in [0.1, 0.15) is 12.1 Å². The van der Waals surface area contributed by atoms with Gasteiger partial charge in [-0.1, -0.05) is 18.6 Å². The highest BCUT2D eigenvalue weighted by atomic mass is 16.3. The zero-order valence-electron chi connectivity index (χ0n) is 12.2. The maximum Gasteiger partial charge on any atom is 0.139 e. The molecule has 0 spiro atoms. The van der Waals surface area contributed by atoms with Crippen molar-refractivity contribution >= 4 is 16.7 Å². The predicted molar refractivity (Wildman–Crippen MR) is 79.8 cm³/mol. The summed E-state index contributed by atoms with van der Waals surface area (Å²) in [4.78, 5) is 10.6. The lowest BCUT2D eigenvalue weighted by Gasteiger charge is -2.31. The minimum Gasteiger partial charge on any atom is -0.396 e. The molecule has 5 heteroatoms. The van der Waals surface area contributed by atoms with Crippen molar-refractivity contribution in [3.8, 4) is 0 Å². The lowest BCUT2D eigenvalue weighted by molar-refractivity contribution is 0.0762. The summed E-state index contributed by atoms with van der Waals surface area (Å²) in [5, 5.41) is 19.8. The Morgan fingerprint density at radius 3 is 2.55 bits per heavy atom. The molecule has 0 aliphatic rings. The normalized spacial score (nSPS) is 11.8. The Balaban J connectivity index is 2.39. The third kappa shape index (κ3) is 2.89. The number of anilines is 1. The number of aromatic nitrogens is 2. The Hall–Kier alpha value is -1.72. The molecule has 0 amide bonds. The largest absolute Gasteiger partial charge is 0.396 e. The number of aryl methyl sites for hydroxylation is 1. The fraction of sp³-hybridized carbons (Fsp3) is 0.467. The highest BCUT2D eigenvalue weighted by Crippen LogP contribution is 2.26. The molecule has 2 N–H and O–H groups in total. The van der Waals surface area contributed by atoms with E-state index in [2.05, 4.69) is 16.0 Å². The van der Waals surface area contributed by atoms with Crippen molar-refractivity contribution in [2.24, 2.45) is 5.41 Å². The van der Waals surface area contributed by atoms with E-state index < -0.39 is 5.41 Å². The van der Waals surface area contributed by atoms with Crippen LogP contribution in [0.2, 0.25) is 0 Å². The number of fused-ring (bicyclic) bond motifs is 1. The van der Waals surface area contributed by atoms with E-state index in [1.54, 1.807) is 6.33 Å². The molecule has 0 bridgehead atoms. The van der Waals surface area contributed by atoms with Crippen LogP contribution in [0.5, 0.6) is 0 Å². The number of benzene rings is 1. The van der Waals surface area contributed by atoms with Crippen molar-refractivity contribution in [1.29, 1.82) is 0 Å². The molecule has 1 heterocycles. The topological polar surface area (TPSA) is 69.5 Å². The first-order chi connectivity index (χ1) is 9.49. The van der Waals surface area contributed by atoms with Crippen molar-refractivity contribution in [2.45, 2.75) is 13.8 Å². The van der Waals surface area contributed by atoms with Gasteiger partial charge in [0.15, 0.2) is 0 Å². The van der Waals surface area contributed by atoms with Gasteiger partial charge in [0.2, 0.25) is 0 Å². The Morgan fingerprint density at radius 2 is 1.90 bits per heavy atom. The minimum atomic E-state index is -0.560. The highest BCUT2D eigenvalue weighted by Gasteiger charge is 2.25. The minimum absolute atomic E-state index is 0.0735. The van der Waals surface area contributed by atoms with Crippen LogP contribution >= 0.6 is 0 Å². The van der Waals surface area contributed by atoms with Crippen LogP contribution in [0.25, 0.3) is 10.9 Å². The number of hydrogen-bond donors (Lipinski definition) is 2. The van der Waals surface area contributed by atoms with Gasteiger partial charge < -0.3 is 15.1 Å². The van der Waals surface area contributed by atoms with Crippen LogP contribution in [0.1, 0.15) is 12.5 Å². The zero-order valence-corrected chi connectivity index (χ0v) is 12.2. The molecule has 0 aliphatic carbocycles. The number of hydrogen-bond acceptors (Lipinski definition) is 5. The molecule has 0 unspecified atom stereocenters. The summed E-state index contributed by atoms with van der Waals surface area (Å²) in [7, 11) is 1.91. The first kappa shape index (κ1) is 14.7. The van der Waals surface area contributed by atoms with E-state index >= 15 is 0 Å². The second-order valence-electron chi connectivity index (χ2n) is 5.70. The lowest BCUT2D eigenvalue weighted by atomic mass is 9.92. The Kier molecular flexibility index (Phi) is 4.20. The summed E-state index contributed by atoms with van der Waals surface area (Å²) in [6, 6.07) is 6.04. The molecule has 0 saturated carbocycles. The third-order valence-electron chi connectivity index (χ3n) is 3.51. The smallest absolute Gasteiger partial charge is 0.139 e. The van der Waals surface area contributed by atoms with Gasteiger partial charge in [-0.25, -0.2) is 9.97 Å². The van der Waals surface area contributed by atoms with Crippen LogP contribution in [0.3, 0.4) is 0 Å². The average Bonchev–Trinajstić information content (AvgIpc) is 2.46. The number of aliphatic hydroxyl groups excluding tert-OH is 2. The van der Waals surface area contributed by atoms with Gasteiger partial charge in [0.05, 0.1) is 18.7 Å². The van der Waals surface area contributed by atoms with Gasteiger partial charge in [-0.3, -0.25) is 0 Å². The number of rotatable bonds is 5. The van der Waals surface area contributed by atoms with Gasteiger partial charge in [0.25, 0.3) is 0 Å². The molecule has 2 rings (SSSR count). The van der Waals surface area contributed by atoms with Gasteiger partial charge in [-0.05, 0) is 19.1 Å². The van der Waals surface area contributed by atoms with Crippen LogP contribution < -0.4 is 4.90 Å². The Morgan fingerprint density at radius 1 is 1.20 bits per heavy atom. The van der Waals surface area contributed by atoms with E-state index in [1.165, 1.54) is 0 Å². The van der Waals surface area contributed by atoms with Crippen LogP contribution in [-0.4, -0.2) is 47.0 Å². The molecule has 0 aliphatic heterocycles. The summed E-state index contributed by atoms with van der Waals surface area (Å²) in [6.45, 7) is 4.24. The monoisotopic (exact) mass is 275 g/mol. The van der Waals surface area contributed by atoms with E-state index in [0.29, 0.717) is 6.54 Å². The molecule has 2 aromatic rings. The van der Waals surface area contributed by atoms with E-state index in [-0.39, 0.29) is 13.2 Å². The van der Waals surface area contributed by atoms with E-state index in [0.717, 1.165) is 22.3 Å². The van der Waals surface area contributed by atoms with Gasteiger partial charge >= 0.3 is 0 Å². The fourth-order valence-electron chi connectivity index (χ4n) is 2.26. The van der Waals surface area contributed by atoms with Crippen LogP contribution in [0, 0.1) is 12.3 Å². The van der Waals surface area contributed by atoms with Crippen molar-refractivity contribution < 1.29 is 10.2 Å². The number of aliphatic hydroxyl groups is 2. The molecule has 108 valence electrons. The summed E-state index contributed by atoms with van der Waals surface area (Å²) in [5.41, 5.74) is 1.48. The van der Waals surface area contributed by atoms with Crippen LogP contribution in [-0.2, 0) is 0 Å². The molecule has 1 aromatic carbocycles. The molecule has 1 aromatic heterocycles. The second kappa shape index (κ2) is 5.73. The fourth-order valence-corrected chi connectivity index (χ4v) is 2.26. The van der Waals surface area contributed by atoms with E-state index in [4.69, 9.17) is 0 Å². The van der Waals surface area contributed by atoms with Crippen LogP contribution in [0.15, 0.2) is 24.5 Å². The first-order valence-corrected chi connectivity index (χ1v) is 6.63. The Bertz CT molecular complexity index is 597. The number of nitrogens with zero attached hydrogens (tertiary/aromatic N) is 3. The maximum absolute atomic E-state index is 9.42. The quantitative estimate of drug-likeness (QED) is 0.862. The molecule has 0 saturated heterocycles. The zero-order chi connectivity index (χ0) is 14.8. The van der Waals surface area contributed by atoms with Gasteiger partial charge in [-0.15, -0.1) is 0 Å². The summed E-state index contributed by atoms with van der Waals surface area (Å²) in [5.74, 6) is 0.812. The SMILES string of the molecule is Cc1ccc2ncnc(N(C)CC(C)(CO)CO)c2c1. The highest BCUT2D eigenvalue weighted by molar-refractivity contribution is 5.89. The summed E-state index contributed by atoms with van der Waals surface area (Å²) >= 11 is 0. The second-order valence-corrected chi connectivity index (χ2v) is 5.70. The average molecular weight is 275 g/mol. The molecule has 0 fully saturated rings. The van der Waals surface area contributed by atoms with E-state index in [9.17, 15) is 10.2 Å². The first-order valence-electron chi connectivity index (χ1n) is 6.63. The Labute approximate surface area is 118 Å². The maximum atomic E-state index is 9.42. The summed E-state index contributed by atoms with van der Waals surface area (Å²) in [6.07, 6.45) is 1.54. The van der Waals surface area contributed by atoms with Gasteiger partial charge in [0, 0.05) is 24.4 Å². The van der Waals surface area contributed by atoms with Crippen molar-refractivity contribution in [2.75, 3.05) is 31.7 Å². The lowest BCUT2D eigenvalue weighted by Crippen LogP contribution is -2.39. The molecule has 5 nitrogen and oxygen atoms in total. The third-order valence-corrected chi connectivity index (χ3v) is 3.51.